The van der Waals surface area contributed by atoms with Crippen molar-refractivity contribution in [2.75, 3.05) is 17.7 Å². The van der Waals surface area contributed by atoms with Gasteiger partial charge in [0.2, 0.25) is 0 Å². The lowest BCUT2D eigenvalue weighted by Gasteiger charge is -2.12. The van der Waals surface area contributed by atoms with E-state index in [9.17, 15) is 9.18 Å². The van der Waals surface area contributed by atoms with Crippen LogP contribution in [0.3, 0.4) is 0 Å². The molecule has 2 aromatic rings. The van der Waals surface area contributed by atoms with E-state index in [1.54, 1.807) is 19.1 Å². The van der Waals surface area contributed by atoms with Crippen LogP contribution in [0, 0.1) is 32.0 Å². The first-order valence-electron chi connectivity index (χ1n) is 8.34. The fourth-order valence-corrected chi connectivity index (χ4v) is 2.33. The van der Waals surface area contributed by atoms with Gasteiger partial charge < -0.3 is 15.8 Å². The number of amides is 1. The first-order chi connectivity index (χ1) is 12.4. The summed E-state index contributed by atoms with van der Waals surface area (Å²) in [5.41, 5.74) is 7.61. The van der Waals surface area contributed by atoms with Crippen molar-refractivity contribution < 1.29 is 13.9 Å². The van der Waals surface area contributed by atoms with Crippen molar-refractivity contribution in [3.05, 3.63) is 46.9 Å². The molecule has 136 valence electrons. The van der Waals surface area contributed by atoms with Crippen LogP contribution < -0.4 is 15.8 Å². The van der Waals surface area contributed by atoms with E-state index in [-0.39, 0.29) is 22.8 Å². The van der Waals surface area contributed by atoms with Crippen molar-refractivity contribution in [2.24, 2.45) is 0 Å². The highest BCUT2D eigenvalue weighted by molar-refractivity contribution is 6.07. The van der Waals surface area contributed by atoms with Gasteiger partial charge >= 0.3 is 0 Å². The Hall–Kier alpha value is -3.07. The Morgan fingerprint density at radius 2 is 2.15 bits per heavy atom. The zero-order valence-corrected chi connectivity index (χ0v) is 14.9. The van der Waals surface area contributed by atoms with Crippen molar-refractivity contribution in [3.63, 3.8) is 0 Å². The lowest BCUT2D eigenvalue weighted by molar-refractivity contribution is 0.102. The molecule has 0 unspecified atom stereocenters. The van der Waals surface area contributed by atoms with Gasteiger partial charge in [-0.2, -0.15) is 0 Å². The highest BCUT2D eigenvalue weighted by atomic mass is 19.1. The molecule has 26 heavy (non-hydrogen) atoms. The summed E-state index contributed by atoms with van der Waals surface area (Å²) in [6, 6.07) is 6.22. The monoisotopic (exact) mass is 355 g/mol. The number of carbonyl (C=O) groups excluding carboxylic acids is 1. The number of rotatable bonds is 7. The molecule has 3 N–H and O–H groups in total. The van der Waals surface area contributed by atoms with Crippen LogP contribution in [0.1, 0.15) is 40.9 Å². The number of pyridine rings is 1. The Balaban J connectivity index is 2.10. The molecular weight excluding hydrogens is 333 g/mol. The van der Waals surface area contributed by atoms with Crippen molar-refractivity contribution in [2.45, 2.75) is 33.1 Å². The van der Waals surface area contributed by atoms with E-state index in [0.29, 0.717) is 13.0 Å². The van der Waals surface area contributed by atoms with E-state index >= 15 is 0 Å². The highest BCUT2D eigenvalue weighted by Crippen LogP contribution is 2.26. The molecule has 0 fully saturated rings. The van der Waals surface area contributed by atoms with Gasteiger partial charge in [-0.05, 0) is 50.5 Å². The maximum Gasteiger partial charge on any atom is 0.259 e. The molecule has 0 radical (unpaired) electrons. The number of nitrogens with one attached hydrogen (secondary N) is 1. The number of nitrogens with two attached hydrogens (primary N) is 1. The number of aromatic nitrogens is 1. The van der Waals surface area contributed by atoms with E-state index in [4.69, 9.17) is 16.9 Å². The second-order valence-electron chi connectivity index (χ2n) is 5.90. The van der Waals surface area contributed by atoms with E-state index in [2.05, 4.69) is 16.2 Å². The molecule has 6 heteroatoms. The van der Waals surface area contributed by atoms with Crippen LogP contribution in [0.25, 0.3) is 0 Å². The lowest BCUT2D eigenvalue weighted by atomic mass is 10.1. The van der Waals surface area contributed by atoms with E-state index in [0.717, 1.165) is 24.1 Å². The third-order valence-electron chi connectivity index (χ3n) is 3.92. The molecule has 2 rings (SSSR count). The minimum atomic E-state index is -0.631. The van der Waals surface area contributed by atoms with Crippen molar-refractivity contribution in [1.29, 1.82) is 0 Å². The molecule has 1 amide bonds. The van der Waals surface area contributed by atoms with Crippen LogP contribution in [0.15, 0.2) is 24.3 Å². The van der Waals surface area contributed by atoms with E-state index < -0.39 is 11.7 Å². The van der Waals surface area contributed by atoms with Crippen LogP contribution in [-0.2, 0) is 0 Å². The Labute approximate surface area is 152 Å². The van der Waals surface area contributed by atoms with Gasteiger partial charge in [-0.3, -0.25) is 4.79 Å². The number of hydrogen-bond acceptors (Lipinski definition) is 4. The molecule has 0 saturated heterocycles. The van der Waals surface area contributed by atoms with Gasteiger partial charge in [0.25, 0.3) is 5.91 Å². The molecule has 0 aliphatic heterocycles. The molecule has 0 spiro atoms. The SMILES string of the molecule is C#CCCCCOc1cccc(NC(=O)c2cc(C)c(C)nc2N)c1F. The second kappa shape index (κ2) is 8.86. The van der Waals surface area contributed by atoms with Gasteiger partial charge in [0, 0.05) is 12.1 Å². The summed E-state index contributed by atoms with van der Waals surface area (Å²) in [6.07, 6.45) is 7.38. The van der Waals surface area contributed by atoms with Gasteiger partial charge in [-0.1, -0.05) is 6.07 Å². The number of benzene rings is 1. The molecule has 0 aliphatic carbocycles. The Morgan fingerprint density at radius 3 is 2.88 bits per heavy atom. The number of anilines is 2. The number of nitrogen functional groups attached to an aromatic ring is 1. The number of hydrogen-bond donors (Lipinski definition) is 2. The summed E-state index contributed by atoms with van der Waals surface area (Å²) in [4.78, 5) is 16.6. The number of ether oxygens (including phenoxy) is 1. The van der Waals surface area contributed by atoms with Crippen LogP contribution in [0.4, 0.5) is 15.9 Å². The van der Waals surface area contributed by atoms with Gasteiger partial charge in [0.15, 0.2) is 11.6 Å². The van der Waals surface area contributed by atoms with Crippen LogP contribution in [-0.4, -0.2) is 17.5 Å². The standard InChI is InChI=1S/C20H22FN3O2/c1-4-5-6-7-11-26-17-10-8-9-16(18(17)21)24-20(25)15-12-13(2)14(3)23-19(15)22/h1,8-10,12H,5-7,11H2,2-3H3,(H2,22,23)(H,24,25). The fourth-order valence-electron chi connectivity index (χ4n) is 2.33. The van der Waals surface area contributed by atoms with Crippen LogP contribution in [0.5, 0.6) is 5.75 Å². The lowest BCUT2D eigenvalue weighted by Crippen LogP contribution is -2.17. The zero-order valence-electron chi connectivity index (χ0n) is 14.9. The number of terminal acetylenes is 1. The predicted molar refractivity (Wildman–Crippen MR) is 101 cm³/mol. The van der Waals surface area contributed by atoms with Crippen LogP contribution in [0.2, 0.25) is 0 Å². The molecule has 0 saturated carbocycles. The van der Waals surface area contributed by atoms with Gasteiger partial charge in [-0.15, -0.1) is 12.3 Å². The zero-order chi connectivity index (χ0) is 19.1. The highest BCUT2D eigenvalue weighted by Gasteiger charge is 2.16. The minimum Gasteiger partial charge on any atom is -0.490 e. The third kappa shape index (κ3) is 4.73. The fraction of sp³-hybridized carbons (Fsp3) is 0.300. The summed E-state index contributed by atoms with van der Waals surface area (Å²) < 4.78 is 20.0. The average Bonchev–Trinajstić information content (AvgIpc) is 2.60. The molecule has 5 nitrogen and oxygen atoms in total. The number of halogens is 1. The van der Waals surface area contributed by atoms with E-state index in [1.807, 2.05) is 6.92 Å². The van der Waals surface area contributed by atoms with Crippen molar-refractivity contribution >= 4 is 17.4 Å². The summed E-state index contributed by atoms with van der Waals surface area (Å²) in [6.45, 7) is 3.98. The quantitative estimate of drug-likeness (QED) is 0.584. The average molecular weight is 355 g/mol. The van der Waals surface area contributed by atoms with Gasteiger partial charge in [-0.25, -0.2) is 9.37 Å². The second-order valence-corrected chi connectivity index (χ2v) is 5.90. The first kappa shape index (κ1) is 19.3. The number of aryl methyl sites for hydroxylation is 2. The molecular formula is C20H22FN3O2. The van der Waals surface area contributed by atoms with Gasteiger partial charge in [0.1, 0.15) is 5.82 Å². The first-order valence-corrected chi connectivity index (χ1v) is 8.34. The van der Waals surface area contributed by atoms with Crippen molar-refractivity contribution in [1.82, 2.24) is 4.98 Å². The molecule has 1 heterocycles. The smallest absolute Gasteiger partial charge is 0.259 e. The summed E-state index contributed by atoms with van der Waals surface area (Å²) in [5.74, 6) is 1.57. The molecule has 0 atom stereocenters. The minimum absolute atomic E-state index is 0.0220. The number of carbonyl (C=O) groups is 1. The number of nitrogens with zero attached hydrogens (tertiary/aromatic N) is 1. The predicted octanol–water partition coefficient (Wildman–Crippen LogP) is 3.85. The van der Waals surface area contributed by atoms with Crippen molar-refractivity contribution in [3.8, 4) is 18.1 Å². The molecule has 0 aliphatic rings. The normalized spacial score (nSPS) is 10.2. The summed E-state index contributed by atoms with van der Waals surface area (Å²) in [5, 5.41) is 2.52. The van der Waals surface area contributed by atoms with Crippen LogP contribution >= 0.6 is 0 Å². The molecule has 1 aromatic carbocycles. The maximum absolute atomic E-state index is 14.5. The number of unbranched alkanes of at least 4 members (excludes halogenated alkanes) is 2. The molecule has 1 aromatic heterocycles. The molecule has 0 bridgehead atoms. The Bertz CT molecular complexity index is 844. The largest absolute Gasteiger partial charge is 0.490 e. The Kier molecular flexibility index (Phi) is 6.56. The Morgan fingerprint density at radius 1 is 1.38 bits per heavy atom. The maximum atomic E-state index is 14.5. The third-order valence-corrected chi connectivity index (χ3v) is 3.92. The van der Waals surface area contributed by atoms with E-state index in [1.165, 1.54) is 12.1 Å². The van der Waals surface area contributed by atoms with Gasteiger partial charge in [0.05, 0.1) is 17.9 Å². The summed E-state index contributed by atoms with van der Waals surface area (Å²) in [7, 11) is 0. The topological polar surface area (TPSA) is 77.2 Å². The summed E-state index contributed by atoms with van der Waals surface area (Å²) >= 11 is 0.